The zero-order valence-corrected chi connectivity index (χ0v) is 12.2. The summed E-state index contributed by atoms with van der Waals surface area (Å²) in [6.45, 7) is 2.01. The molecule has 2 atom stereocenters. The van der Waals surface area contributed by atoms with Gasteiger partial charge in [-0.2, -0.15) is 0 Å². The van der Waals surface area contributed by atoms with Gasteiger partial charge < -0.3 is 10.1 Å². The van der Waals surface area contributed by atoms with E-state index in [1.54, 1.807) is 11.3 Å². The van der Waals surface area contributed by atoms with Crippen LogP contribution in [-0.4, -0.2) is 19.3 Å². The summed E-state index contributed by atoms with van der Waals surface area (Å²) in [7, 11) is 0. The minimum atomic E-state index is 0.492. The number of rotatable bonds is 4. The van der Waals surface area contributed by atoms with Gasteiger partial charge in [-0.05, 0) is 56.7 Å². The van der Waals surface area contributed by atoms with Crippen LogP contribution in [0.2, 0.25) is 4.34 Å². The molecule has 1 aliphatic heterocycles. The molecule has 0 bridgehead atoms. The fourth-order valence-corrected chi connectivity index (χ4v) is 4.41. The summed E-state index contributed by atoms with van der Waals surface area (Å²) in [6, 6.07) is 2.67. The molecule has 1 fully saturated rings. The van der Waals surface area contributed by atoms with Crippen molar-refractivity contribution in [2.75, 3.05) is 13.2 Å². The van der Waals surface area contributed by atoms with Crippen LogP contribution in [0.5, 0.6) is 0 Å². The van der Waals surface area contributed by atoms with Crippen LogP contribution in [0.3, 0.4) is 0 Å². The number of hydrogen-bond donors (Lipinski definition) is 1. The smallest absolute Gasteiger partial charge is 0.0934 e. The number of aryl methyl sites for hydroxylation is 1. The Balaban J connectivity index is 1.53. The third-order valence-corrected chi connectivity index (χ3v) is 5.30. The quantitative estimate of drug-likeness (QED) is 0.905. The van der Waals surface area contributed by atoms with Crippen molar-refractivity contribution in [2.24, 2.45) is 0 Å². The lowest BCUT2D eigenvalue weighted by atomic mass is 9.94. The molecule has 1 aromatic heterocycles. The van der Waals surface area contributed by atoms with E-state index in [2.05, 4.69) is 11.4 Å². The SMILES string of the molecule is Clc1cc2c(s1)CCCC2NCCC1CCCO1. The van der Waals surface area contributed by atoms with E-state index in [1.807, 2.05) is 0 Å². The molecule has 1 N–H and O–H groups in total. The van der Waals surface area contributed by atoms with Crippen LogP contribution in [0.1, 0.15) is 48.6 Å². The van der Waals surface area contributed by atoms with Gasteiger partial charge in [0.1, 0.15) is 0 Å². The number of nitrogens with one attached hydrogen (secondary N) is 1. The van der Waals surface area contributed by atoms with Crippen molar-refractivity contribution in [3.8, 4) is 0 Å². The topological polar surface area (TPSA) is 21.3 Å². The summed E-state index contributed by atoms with van der Waals surface area (Å²) in [5, 5.41) is 3.69. The summed E-state index contributed by atoms with van der Waals surface area (Å²) in [6.07, 6.45) is 7.83. The first-order valence-electron chi connectivity index (χ1n) is 6.96. The first-order chi connectivity index (χ1) is 8.83. The number of thiophene rings is 1. The Bertz CT molecular complexity index is 400. The molecular formula is C14H20ClNOS. The van der Waals surface area contributed by atoms with E-state index in [4.69, 9.17) is 16.3 Å². The van der Waals surface area contributed by atoms with Crippen molar-refractivity contribution in [3.05, 3.63) is 20.8 Å². The normalized spacial score (nSPS) is 27.4. The molecule has 4 heteroatoms. The predicted octanol–water partition coefficient (Wildman–Crippen LogP) is 3.94. The van der Waals surface area contributed by atoms with E-state index in [-0.39, 0.29) is 0 Å². The lowest BCUT2D eigenvalue weighted by molar-refractivity contribution is 0.103. The van der Waals surface area contributed by atoms with Crippen molar-refractivity contribution in [1.82, 2.24) is 5.32 Å². The van der Waals surface area contributed by atoms with Crippen LogP contribution in [0.4, 0.5) is 0 Å². The van der Waals surface area contributed by atoms with E-state index in [1.165, 1.54) is 42.5 Å². The summed E-state index contributed by atoms with van der Waals surface area (Å²) >= 11 is 7.88. The summed E-state index contributed by atoms with van der Waals surface area (Å²) in [4.78, 5) is 1.49. The number of hydrogen-bond acceptors (Lipinski definition) is 3. The third-order valence-electron chi connectivity index (χ3n) is 3.96. The van der Waals surface area contributed by atoms with E-state index >= 15 is 0 Å². The van der Waals surface area contributed by atoms with E-state index < -0.39 is 0 Å². The van der Waals surface area contributed by atoms with Crippen molar-refractivity contribution < 1.29 is 4.74 Å². The van der Waals surface area contributed by atoms with Gasteiger partial charge in [-0.15, -0.1) is 11.3 Å². The van der Waals surface area contributed by atoms with Gasteiger partial charge in [-0.25, -0.2) is 0 Å². The van der Waals surface area contributed by atoms with Gasteiger partial charge in [0.2, 0.25) is 0 Å². The first kappa shape index (κ1) is 12.9. The lowest BCUT2D eigenvalue weighted by Crippen LogP contribution is -2.27. The highest BCUT2D eigenvalue weighted by Gasteiger charge is 2.23. The minimum absolute atomic E-state index is 0.492. The Hall–Kier alpha value is -0.0900. The molecule has 0 amide bonds. The van der Waals surface area contributed by atoms with E-state index in [0.717, 1.165) is 23.9 Å². The maximum absolute atomic E-state index is 6.12. The first-order valence-corrected chi connectivity index (χ1v) is 8.15. The highest BCUT2D eigenvalue weighted by atomic mass is 35.5. The van der Waals surface area contributed by atoms with Crippen LogP contribution in [0.25, 0.3) is 0 Å². The monoisotopic (exact) mass is 285 g/mol. The molecule has 1 aromatic rings. The Labute approximate surface area is 118 Å². The molecule has 0 aromatic carbocycles. The van der Waals surface area contributed by atoms with Gasteiger partial charge in [0, 0.05) is 17.5 Å². The zero-order valence-electron chi connectivity index (χ0n) is 10.6. The van der Waals surface area contributed by atoms with Gasteiger partial charge in [0.25, 0.3) is 0 Å². The highest BCUT2D eigenvalue weighted by molar-refractivity contribution is 7.16. The standard InChI is InChI=1S/C14H20ClNOS/c15-14-9-11-12(4-1-5-13(11)18-14)16-7-6-10-3-2-8-17-10/h9-10,12,16H,1-8H2. The largest absolute Gasteiger partial charge is 0.378 e. The molecule has 0 saturated carbocycles. The predicted molar refractivity (Wildman–Crippen MR) is 76.6 cm³/mol. The van der Waals surface area contributed by atoms with E-state index in [9.17, 15) is 0 Å². The van der Waals surface area contributed by atoms with Gasteiger partial charge in [0.15, 0.2) is 0 Å². The Morgan fingerprint density at radius 2 is 2.33 bits per heavy atom. The minimum Gasteiger partial charge on any atom is -0.378 e. The van der Waals surface area contributed by atoms with Crippen molar-refractivity contribution in [1.29, 1.82) is 0 Å². The second-order valence-corrected chi connectivity index (χ2v) is 7.02. The van der Waals surface area contributed by atoms with Crippen LogP contribution in [-0.2, 0) is 11.2 Å². The van der Waals surface area contributed by atoms with Crippen LogP contribution in [0.15, 0.2) is 6.07 Å². The molecule has 1 aliphatic carbocycles. The molecule has 2 nitrogen and oxygen atoms in total. The fourth-order valence-electron chi connectivity index (χ4n) is 3.02. The molecule has 2 heterocycles. The zero-order chi connectivity index (χ0) is 12.4. The molecule has 2 aliphatic rings. The molecule has 3 rings (SSSR count). The van der Waals surface area contributed by atoms with Gasteiger partial charge in [0.05, 0.1) is 10.4 Å². The molecule has 1 saturated heterocycles. The lowest BCUT2D eigenvalue weighted by Gasteiger charge is -2.24. The van der Waals surface area contributed by atoms with E-state index in [0.29, 0.717) is 12.1 Å². The van der Waals surface area contributed by atoms with Gasteiger partial charge >= 0.3 is 0 Å². The molecular weight excluding hydrogens is 266 g/mol. The Kier molecular flexibility index (Phi) is 4.24. The highest BCUT2D eigenvalue weighted by Crippen LogP contribution is 2.37. The Morgan fingerprint density at radius 1 is 1.39 bits per heavy atom. The summed E-state index contributed by atoms with van der Waals surface area (Å²) < 4.78 is 6.59. The third kappa shape index (κ3) is 2.90. The second kappa shape index (κ2) is 5.91. The van der Waals surface area contributed by atoms with Gasteiger partial charge in [-0.1, -0.05) is 11.6 Å². The molecule has 100 valence electrons. The van der Waals surface area contributed by atoms with Crippen molar-refractivity contribution >= 4 is 22.9 Å². The molecule has 2 unspecified atom stereocenters. The van der Waals surface area contributed by atoms with Crippen molar-refractivity contribution in [2.45, 2.75) is 50.7 Å². The second-order valence-electron chi connectivity index (χ2n) is 5.25. The average Bonchev–Trinajstić information content (AvgIpc) is 2.97. The molecule has 0 spiro atoms. The van der Waals surface area contributed by atoms with Gasteiger partial charge in [-0.3, -0.25) is 0 Å². The fraction of sp³-hybridized carbons (Fsp3) is 0.714. The maximum Gasteiger partial charge on any atom is 0.0934 e. The Morgan fingerprint density at radius 3 is 3.17 bits per heavy atom. The number of fused-ring (bicyclic) bond motifs is 1. The van der Waals surface area contributed by atoms with Crippen LogP contribution >= 0.6 is 22.9 Å². The number of halogens is 1. The van der Waals surface area contributed by atoms with Crippen LogP contribution < -0.4 is 5.32 Å². The summed E-state index contributed by atoms with van der Waals surface area (Å²) in [5.74, 6) is 0. The number of ether oxygens (including phenoxy) is 1. The van der Waals surface area contributed by atoms with Crippen molar-refractivity contribution in [3.63, 3.8) is 0 Å². The molecule has 0 radical (unpaired) electrons. The maximum atomic E-state index is 6.12. The van der Waals surface area contributed by atoms with Crippen LogP contribution in [0, 0.1) is 0 Å². The molecule has 18 heavy (non-hydrogen) atoms. The average molecular weight is 286 g/mol. The summed E-state index contributed by atoms with van der Waals surface area (Å²) in [5.41, 5.74) is 1.45.